The van der Waals surface area contributed by atoms with Crippen molar-refractivity contribution in [3.63, 3.8) is 0 Å². The molecule has 0 saturated carbocycles. The third-order valence-corrected chi connectivity index (χ3v) is 15.5. The lowest BCUT2D eigenvalue weighted by Crippen LogP contribution is -2.66. The summed E-state index contributed by atoms with van der Waals surface area (Å²) < 4.78 is 39.3. The van der Waals surface area contributed by atoms with Gasteiger partial charge in [0.25, 0.3) is 24.0 Å². The van der Waals surface area contributed by atoms with E-state index in [2.05, 4.69) is 45.0 Å². The number of non-ortho nitro benzene ring substituents is 1. The van der Waals surface area contributed by atoms with Crippen LogP contribution in [-0.2, 0) is 28.8 Å². The van der Waals surface area contributed by atoms with Crippen LogP contribution in [0.4, 0.5) is 5.69 Å². The summed E-state index contributed by atoms with van der Waals surface area (Å²) in [6.45, 7) is 6.87. The van der Waals surface area contributed by atoms with Gasteiger partial charge >= 0.3 is 5.97 Å². The molecule has 0 radical (unpaired) electrons. The van der Waals surface area contributed by atoms with E-state index in [-0.39, 0.29) is 28.6 Å². The fourth-order valence-corrected chi connectivity index (χ4v) is 12.2. The Hall–Kier alpha value is -4.39. The zero-order valence-electron chi connectivity index (χ0n) is 27.7. The second-order valence-electron chi connectivity index (χ2n) is 12.7. The van der Waals surface area contributed by atoms with Crippen LogP contribution in [0, 0.1) is 15.5 Å². The molecule has 1 amide bonds. The van der Waals surface area contributed by atoms with Crippen LogP contribution < -0.4 is 10.4 Å². The van der Waals surface area contributed by atoms with Crippen LogP contribution in [0.25, 0.3) is 0 Å². The van der Waals surface area contributed by atoms with Crippen LogP contribution in [0.2, 0.25) is 5.04 Å². The number of nitrogens with zero attached hydrogens (tertiary/aromatic N) is 2. The van der Waals surface area contributed by atoms with Crippen molar-refractivity contribution in [2.24, 2.45) is 5.41 Å². The molecule has 12 heteroatoms. The highest BCUT2D eigenvalue weighted by molar-refractivity contribution is 7.89. The van der Waals surface area contributed by atoms with Crippen LogP contribution in [0.1, 0.15) is 46.5 Å². The maximum atomic E-state index is 13.4. The summed E-state index contributed by atoms with van der Waals surface area (Å²) in [4.78, 5) is 36.5. The van der Waals surface area contributed by atoms with Gasteiger partial charge in [-0.15, -0.1) is 0 Å². The Kier molecular flexibility index (Phi) is 11.6. The summed E-state index contributed by atoms with van der Waals surface area (Å²) in [5, 5.41) is 13.2. The van der Waals surface area contributed by atoms with E-state index in [4.69, 9.17) is 9.16 Å². The van der Waals surface area contributed by atoms with Crippen molar-refractivity contribution in [2.75, 3.05) is 20.3 Å². The quantitative estimate of drug-likeness (QED) is 0.0571. The molecule has 254 valence electrons. The van der Waals surface area contributed by atoms with Crippen molar-refractivity contribution < 1.29 is 32.1 Å². The number of nitro groups is 1. The Balaban J connectivity index is 1.45. The molecule has 0 N–H and O–H groups in total. The van der Waals surface area contributed by atoms with Crippen LogP contribution >= 0.6 is 0 Å². The molecule has 1 heterocycles. The Morgan fingerprint density at radius 3 is 2.04 bits per heavy atom. The number of sulfonamides is 1. The number of carbonyl (C=O) groups excluding carboxylic acids is 2. The number of rotatable bonds is 13. The van der Waals surface area contributed by atoms with Crippen LogP contribution in [0.15, 0.2) is 114 Å². The molecule has 1 aliphatic heterocycles. The summed E-state index contributed by atoms with van der Waals surface area (Å²) in [6.07, 6.45) is 7.85. The third-order valence-electron chi connectivity index (χ3n) is 8.62. The zero-order valence-corrected chi connectivity index (χ0v) is 29.5. The van der Waals surface area contributed by atoms with Gasteiger partial charge in [-0.1, -0.05) is 106 Å². The van der Waals surface area contributed by atoms with Gasteiger partial charge in [-0.2, -0.15) is 0 Å². The number of esters is 1. The Bertz CT molecular complexity index is 1720. The van der Waals surface area contributed by atoms with Gasteiger partial charge in [-0.25, -0.2) is 12.7 Å². The van der Waals surface area contributed by atoms with Gasteiger partial charge in [0.15, 0.2) is 0 Å². The third kappa shape index (κ3) is 7.67. The molecule has 0 aliphatic carbocycles. The largest absolute Gasteiger partial charge is 0.468 e. The first-order valence-corrected chi connectivity index (χ1v) is 19.1. The number of nitro benzene ring substituents is 1. The second kappa shape index (κ2) is 15.2. The van der Waals surface area contributed by atoms with Crippen molar-refractivity contribution in [1.29, 1.82) is 0 Å². The normalized spacial score (nSPS) is 17.3. The average Bonchev–Trinajstić information content (AvgIpc) is 3.25. The predicted molar refractivity (Wildman–Crippen MR) is 187 cm³/mol. The van der Waals surface area contributed by atoms with Crippen LogP contribution in [0.3, 0.4) is 0 Å². The summed E-state index contributed by atoms with van der Waals surface area (Å²) in [5.41, 5.74) is -1.63. The smallest absolute Gasteiger partial charge is 0.316 e. The zero-order chi connectivity index (χ0) is 35.0. The minimum Gasteiger partial charge on any atom is -0.468 e. The van der Waals surface area contributed by atoms with Crippen molar-refractivity contribution in [3.8, 4) is 0 Å². The minimum atomic E-state index is -4.32. The molecule has 0 fully saturated rings. The van der Waals surface area contributed by atoms with Gasteiger partial charge in [0.1, 0.15) is 0 Å². The minimum absolute atomic E-state index is 0.148. The fourth-order valence-electron chi connectivity index (χ4n) is 6.23. The van der Waals surface area contributed by atoms with Gasteiger partial charge < -0.3 is 9.16 Å². The number of amides is 1. The fraction of sp³-hybridized carbons (Fsp3) is 0.333. The molecular weight excluding hydrogens is 649 g/mol. The number of methoxy groups -OCH3 is 1. The van der Waals surface area contributed by atoms with Gasteiger partial charge in [0.05, 0.1) is 28.9 Å². The van der Waals surface area contributed by atoms with Gasteiger partial charge in [0.2, 0.25) is 5.91 Å². The van der Waals surface area contributed by atoms with E-state index in [0.29, 0.717) is 23.8 Å². The lowest BCUT2D eigenvalue weighted by atomic mass is 9.79. The summed E-state index contributed by atoms with van der Waals surface area (Å²) in [7, 11) is -5.76. The number of hydrogen-bond acceptors (Lipinski definition) is 8. The van der Waals surface area contributed by atoms with E-state index in [1.807, 2.05) is 48.6 Å². The van der Waals surface area contributed by atoms with E-state index in [9.17, 15) is 28.1 Å². The molecule has 48 heavy (non-hydrogen) atoms. The Morgan fingerprint density at radius 1 is 0.958 bits per heavy atom. The van der Waals surface area contributed by atoms with E-state index in [1.54, 1.807) is 6.08 Å². The number of ether oxygens (including phenoxy) is 1. The monoisotopic (exact) mass is 690 g/mol. The maximum absolute atomic E-state index is 13.4. The van der Waals surface area contributed by atoms with Crippen molar-refractivity contribution >= 4 is 46.3 Å². The molecule has 0 bridgehead atoms. The molecule has 1 atom stereocenters. The SMILES string of the molecule is COC(=O)[C@@]1(CC/C=C/CCO[Si](c2ccccc2)(c2ccccc2)C(C)(C)C)C=CCN(S(=O)(=O)c2ccc([N+](=O)[O-])cc2)C(=O)C1. The first-order valence-electron chi connectivity index (χ1n) is 15.7. The first kappa shape index (κ1) is 36.4. The molecule has 0 saturated heterocycles. The summed E-state index contributed by atoms with van der Waals surface area (Å²) in [6, 6.07) is 25.1. The number of allylic oxidation sites excluding steroid dienone is 1. The van der Waals surface area contributed by atoms with Gasteiger partial charge in [0, 0.05) is 25.2 Å². The highest BCUT2D eigenvalue weighted by atomic mass is 32.2. The molecule has 3 aromatic rings. The molecule has 0 spiro atoms. The van der Waals surface area contributed by atoms with E-state index in [0.717, 1.165) is 24.3 Å². The highest BCUT2D eigenvalue weighted by Gasteiger charge is 2.50. The molecular formula is C36H42N2O8SSi. The molecule has 3 aromatic carbocycles. The van der Waals surface area contributed by atoms with Crippen molar-refractivity contribution in [1.82, 2.24) is 4.31 Å². The van der Waals surface area contributed by atoms with Crippen LogP contribution in [-0.4, -0.2) is 58.1 Å². The summed E-state index contributed by atoms with van der Waals surface area (Å²) in [5.74, 6) is -1.41. The maximum Gasteiger partial charge on any atom is 0.316 e. The van der Waals surface area contributed by atoms with Crippen molar-refractivity contribution in [3.05, 3.63) is 119 Å². The van der Waals surface area contributed by atoms with E-state index < -0.39 is 47.0 Å². The lowest BCUT2D eigenvalue weighted by molar-refractivity contribution is -0.384. The highest BCUT2D eigenvalue weighted by Crippen LogP contribution is 2.38. The average molecular weight is 691 g/mol. The van der Waals surface area contributed by atoms with Gasteiger partial charge in [-0.3, -0.25) is 19.7 Å². The predicted octanol–water partition coefficient (Wildman–Crippen LogP) is 5.53. The van der Waals surface area contributed by atoms with E-state index in [1.165, 1.54) is 23.6 Å². The second-order valence-corrected chi connectivity index (χ2v) is 18.9. The topological polar surface area (TPSA) is 133 Å². The van der Waals surface area contributed by atoms with E-state index >= 15 is 0 Å². The first-order chi connectivity index (χ1) is 22.8. The lowest BCUT2D eigenvalue weighted by Gasteiger charge is -2.43. The summed E-state index contributed by atoms with van der Waals surface area (Å²) >= 11 is 0. The standard InChI is InChI=1S/C36H42N2O8SSi/c1-35(2,3)48(31-16-9-7-10-17-31,32-18-11-8-12-19-32)46-27-14-6-5-13-24-36(34(40)45-4)25-15-26-37(33(39)28-36)47(43,44)30-22-20-29(21-23-30)38(41)42/h5-12,15-23,25H,13-14,24,26-28H2,1-4H3/b6-5+/t36-/m0/s1. The number of carbonyl (C=O) groups is 2. The Labute approximate surface area is 283 Å². The number of hydrogen-bond donors (Lipinski definition) is 0. The molecule has 0 aromatic heterocycles. The van der Waals surface area contributed by atoms with Gasteiger partial charge in [-0.05, 0) is 46.8 Å². The van der Waals surface area contributed by atoms with Crippen molar-refractivity contribution in [2.45, 2.75) is 56.4 Å². The molecule has 1 aliphatic rings. The molecule has 10 nitrogen and oxygen atoms in total. The molecule has 4 rings (SSSR count). The Morgan fingerprint density at radius 2 is 1.52 bits per heavy atom. The van der Waals surface area contributed by atoms with Crippen LogP contribution in [0.5, 0.6) is 0 Å². The molecule has 0 unspecified atom stereocenters. The number of benzene rings is 3.